The third-order valence-electron chi connectivity index (χ3n) is 5.91. The quantitative estimate of drug-likeness (QED) is 0.792. The maximum atomic E-state index is 13.9. The normalized spacial score (nSPS) is 21.3. The number of rotatable bonds is 3. The summed E-state index contributed by atoms with van der Waals surface area (Å²) < 4.78 is 13.9. The Morgan fingerprint density at radius 1 is 1.13 bits per heavy atom. The van der Waals surface area contributed by atoms with Gasteiger partial charge in [0.15, 0.2) is 0 Å². The molecule has 0 saturated carbocycles. The van der Waals surface area contributed by atoms with Gasteiger partial charge in [-0.05, 0) is 49.9 Å². The van der Waals surface area contributed by atoms with Gasteiger partial charge < -0.3 is 10.2 Å². The van der Waals surface area contributed by atoms with Crippen LogP contribution in [0.4, 0.5) is 9.18 Å². The van der Waals surface area contributed by atoms with Crippen molar-refractivity contribution in [2.45, 2.75) is 38.8 Å². The van der Waals surface area contributed by atoms with Crippen LogP contribution in [0.25, 0.3) is 0 Å². The highest BCUT2D eigenvalue weighted by Crippen LogP contribution is 2.30. The molecule has 0 aromatic heterocycles. The van der Waals surface area contributed by atoms with Crippen molar-refractivity contribution in [3.8, 4) is 0 Å². The molecule has 1 atom stereocenters. The minimum absolute atomic E-state index is 0.0797. The number of nitrogens with zero attached hydrogens (tertiary/aromatic N) is 2. The van der Waals surface area contributed by atoms with Crippen LogP contribution in [0, 0.1) is 19.7 Å². The molecule has 7 heteroatoms. The average Bonchev–Trinajstić information content (AvgIpc) is 2.95. The van der Waals surface area contributed by atoms with Gasteiger partial charge in [-0.25, -0.2) is 9.18 Å². The number of hydrogen-bond donors (Lipinski definition) is 1. The van der Waals surface area contributed by atoms with Gasteiger partial charge in [0.1, 0.15) is 11.4 Å². The number of piperidine rings is 1. The molecule has 2 heterocycles. The highest BCUT2D eigenvalue weighted by atomic mass is 19.1. The fourth-order valence-corrected chi connectivity index (χ4v) is 4.11. The van der Waals surface area contributed by atoms with Crippen LogP contribution in [0.15, 0.2) is 42.5 Å². The molecule has 0 aliphatic carbocycles. The van der Waals surface area contributed by atoms with E-state index < -0.39 is 17.4 Å². The lowest BCUT2D eigenvalue weighted by Crippen LogP contribution is -2.59. The van der Waals surface area contributed by atoms with E-state index >= 15 is 0 Å². The number of hydrogen-bond acceptors (Lipinski definition) is 3. The van der Waals surface area contributed by atoms with Gasteiger partial charge in [-0.3, -0.25) is 14.5 Å². The highest BCUT2D eigenvalue weighted by molar-refractivity contribution is 6.07. The molecule has 1 spiro atoms. The predicted molar refractivity (Wildman–Crippen MR) is 109 cm³/mol. The van der Waals surface area contributed by atoms with E-state index in [4.69, 9.17) is 0 Å². The molecular weight excluding hydrogens is 385 g/mol. The van der Waals surface area contributed by atoms with Crippen LogP contribution in [-0.4, -0.2) is 46.3 Å². The first-order chi connectivity index (χ1) is 14.3. The SMILES string of the molecule is Cc1ccc(CN2C(=O)N[C@@]3(CCCN(C(=O)c4ccc(C)c(F)c4)C3)C2=O)cc1. The number of urea groups is 1. The lowest BCUT2D eigenvalue weighted by Gasteiger charge is -2.38. The number of nitrogens with one attached hydrogen (secondary N) is 1. The lowest BCUT2D eigenvalue weighted by molar-refractivity contribution is -0.133. The van der Waals surface area contributed by atoms with E-state index in [9.17, 15) is 18.8 Å². The zero-order chi connectivity index (χ0) is 21.5. The summed E-state index contributed by atoms with van der Waals surface area (Å²) in [6.07, 6.45) is 1.04. The van der Waals surface area contributed by atoms with Gasteiger partial charge >= 0.3 is 6.03 Å². The van der Waals surface area contributed by atoms with Gasteiger partial charge in [0.25, 0.3) is 11.8 Å². The van der Waals surface area contributed by atoms with Crippen molar-refractivity contribution in [2.75, 3.05) is 13.1 Å². The first kappa shape index (κ1) is 20.1. The number of benzene rings is 2. The predicted octanol–water partition coefficient (Wildman–Crippen LogP) is 3.17. The molecule has 4 amide bonds. The second kappa shape index (κ2) is 7.55. The molecule has 2 aliphatic heterocycles. The summed E-state index contributed by atoms with van der Waals surface area (Å²) in [7, 11) is 0. The van der Waals surface area contributed by atoms with Crippen molar-refractivity contribution in [3.05, 3.63) is 70.5 Å². The zero-order valence-electron chi connectivity index (χ0n) is 17.1. The van der Waals surface area contributed by atoms with E-state index in [2.05, 4.69) is 5.32 Å². The van der Waals surface area contributed by atoms with Crippen molar-refractivity contribution in [1.82, 2.24) is 15.1 Å². The van der Waals surface area contributed by atoms with Crippen molar-refractivity contribution in [2.24, 2.45) is 0 Å². The molecule has 30 heavy (non-hydrogen) atoms. The van der Waals surface area contributed by atoms with Gasteiger partial charge in [-0.1, -0.05) is 35.9 Å². The first-order valence-corrected chi connectivity index (χ1v) is 10.0. The molecule has 0 bridgehead atoms. The Bertz CT molecular complexity index is 1020. The summed E-state index contributed by atoms with van der Waals surface area (Å²) in [4.78, 5) is 41.5. The molecule has 2 aromatic carbocycles. The summed E-state index contributed by atoms with van der Waals surface area (Å²) in [6, 6.07) is 11.6. The average molecular weight is 409 g/mol. The fourth-order valence-electron chi connectivity index (χ4n) is 4.11. The highest BCUT2D eigenvalue weighted by Gasteiger charge is 2.53. The van der Waals surface area contributed by atoms with Crippen molar-refractivity contribution < 1.29 is 18.8 Å². The number of halogens is 1. The van der Waals surface area contributed by atoms with Crippen molar-refractivity contribution in [3.63, 3.8) is 0 Å². The van der Waals surface area contributed by atoms with E-state index in [-0.39, 0.29) is 30.5 Å². The molecule has 0 unspecified atom stereocenters. The van der Waals surface area contributed by atoms with Gasteiger partial charge in [0.2, 0.25) is 0 Å². The molecule has 0 radical (unpaired) electrons. The van der Waals surface area contributed by atoms with E-state index in [0.29, 0.717) is 24.9 Å². The maximum Gasteiger partial charge on any atom is 0.325 e. The topological polar surface area (TPSA) is 69.7 Å². The standard InChI is InChI=1S/C23H24FN3O3/c1-15-4-7-17(8-5-15)13-27-21(29)23(25-22(27)30)10-3-11-26(14-23)20(28)18-9-6-16(2)19(24)12-18/h4-9,12H,3,10-11,13-14H2,1-2H3,(H,25,30)/t23-/m1/s1. The van der Waals surface area contributed by atoms with Crippen LogP contribution in [0.3, 0.4) is 0 Å². The molecule has 2 aliphatic rings. The zero-order valence-corrected chi connectivity index (χ0v) is 17.1. The smallest absolute Gasteiger partial charge is 0.325 e. The molecule has 2 fully saturated rings. The Morgan fingerprint density at radius 2 is 1.87 bits per heavy atom. The van der Waals surface area contributed by atoms with Crippen LogP contribution in [0.1, 0.15) is 39.9 Å². The van der Waals surface area contributed by atoms with Crippen LogP contribution in [0.2, 0.25) is 0 Å². The second-order valence-electron chi connectivity index (χ2n) is 8.18. The van der Waals surface area contributed by atoms with Crippen LogP contribution < -0.4 is 5.32 Å². The number of imide groups is 1. The summed E-state index contributed by atoms with van der Waals surface area (Å²) >= 11 is 0. The largest absolute Gasteiger partial charge is 0.336 e. The Hall–Kier alpha value is -3.22. The second-order valence-corrected chi connectivity index (χ2v) is 8.18. The van der Waals surface area contributed by atoms with E-state index in [0.717, 1.165) is 11.1 Å². The van der Waals surface area contributed by atoms with Gasteiger partial charge in [0.05, 0.1) is 13.1 Å². The monoisotopic (exact) mass is 409 g/mol. The van der Waals surface area contributed by atoms with Crippen LogP contribution in [-0.2, 0) is 11.3 Å². The number of amides is 4. The van der Waals surface area contributed by atoms with Crippen LogP contribution in [0.5, 0.6) is 0 Å². The maximum absolute atomic E-state index is 13.9. The molecule has 4 rings (SSSR count). The number of carbonyl (C=O) groups excluding carboxylic acids is 3. The minimum atomic E-state index is -1.13. The molecule has 1 N–H and O–H groups in total. The molecule has 2 aromatic rings. The van der Waals surface area contributed by atoms with Gasteiger partial charge in [0, 0.05) is 12.1 Å². The molecule has 6 nitrogen and oxygen atoms in total. The Labute approximate surface area is 174 Å². The Kier molecular flexibility index (Phi) is 5.05. The molecule has 2 saturated heterocycles. The van der Waals surface area contributed by atoms with Crippen molar-refractivity contribution >= 4 is 17.8 Å². The van der Waals surface area contributed by atoms with Gasteiger partial charge in [-0.15, -0.1) is 0 Å². The molecular formula is C23H24FN3O3. The number of aryl methyl sites for hydroxylation is 2. The van der Waals surface area contributed by atoms with E-state index in [1.807, 2.05) is 31.2 Å². The van der Waals surface area contributed by atoms with Crippen LogP contribution >= 0.6 is 0 Å². The molecule has 156 valence electrons. The summed E-state index contributed by atoms with van der Waals surface area (Å²) in [5.41, 5.74) is 1.54. The van der Waals surface area contributed by atoms with Gasteiger partial charge in [-0.2, -0.15) is 0 Å². The van der Waals surface area contributed by atoms with E-state index in [1.165, 1.54) is 15.9 Å². The third kappa shape index (κ3) is 3.56. The lowest BCUT2D eigenvalue weighted by atomic mass is 9.88. The summed E-state index contributed by atoms with van der Waals surface area (Å²) in [5, 5.41) is 2.83. The fraction of sp³-hybridized carbons (Fsp3) is 0.348. The third-order valence-corrected chi connectivity index (χ3v) is 5.91. The first-order valence-electron chi connectivity index (χ1n) is 10.0. The van der Waals surface area contributed by atoms with E-state index in [1.54, 1.807) is 19.1 Å². The number of carbonyl (C=O) groups is 3. The summed E-state index contributed by atoms with van der Waals surface area (Å²) in [5.74, 6) is -1.10. The Balaban J connectivity index is 1.53. The van der Waals surface area contributed by atoms with Crippen molar-refractivity contribution in [1.29, 1.82) is 0 Å². The Morgan fingerprint density at radius 3 is 2.57 bits per heavy atom. The minimum Gasteiger partial charge on any atom is -0.336 e. The number of likely N-dealkylation sites (tertiary alicyclic amines) is 1. The summed E-state index contributed by atoms with van der Waals surface area (Å²) in [6.45, 7) is 4.33.